The van der Waals surface area contributed by atoms with E-state index in [4.69, 9.17) is 5.11 Å². The van der Waals surface area contributed by atoms with Crippen molar-refractivity contribution in [2.24, 2.45) is 11.8 Å². The number of hydrogen-bond acceptors (Lipinski definition) is 13. The Hall–Kier alpha value is -1.41. The highest BCUT2D eigenvalue weighted by Gasteiger charge is 2.53. The van der Waals surface area contributed by atoms with Crippen molar-refractivity contribution in [2.75, 3.05) is 6.54 Å². The zero-order valence-electron chi connectivity index (χ0n) is 32.1. The van der Waals surface area contributed by atoms with Crippen LogP contribution in [0.2, 0.25) is 0 Å². The molecule has 2 amide bonds. The number of Topliss-reactive ketones (excluding diaryl/α,β-unsaturated/α-hetero) is 1. The molecule has 2 aliphatic heterocycles. The Morgan fingerprint density at radius 3 is 1.52 bits per heavy atom. The summed E-state index contributed by atoms with van der Waals surface area (Å²) in [7, 11) is 10.2. The molecule has 3 atom stereocenters. The largest absolute Gasteiger partial charge is 0.481 e. The number of hydrogen-bond donors (Lipinski definition) is 6. The molecule has 0 aromatic heterocycles. The average Bonchev–Trinajstić information content (AvgIpc) is 3.91. The SMILES string of the molecule is O=C(O)CCCCCCCCCCCCCCCCC(=O)C[C@@H](CCC(=O)N[C@@H](CCC(=O)NCCCC[C@@H](C(=O)O)C1SSC2(SS1)SS2)C(=O)O)C(=O)O. The molecule has 13 nitrogen and oxygen atoms in total. The van der Waals surface area contributed by atoms with Gasteiger partial charge in [-0.3, -0.25) is 28.8 Å². The van der Waals surface area contributed by atoms with Crippen LogP contribution in [0.3, 0.4) is 0 Å². The van der Waals surface area contributed by atoms with E-state index >= 15 is 0 Å². The second-order valence-electron chi connectivity index (χ2n) is 14.3. The zero-order valence-corrected chi connectivity index (χ0v) is 37.0. The number of unbranched alkanes of at least 4 members (excludes halogenated alkanes) is 14. The minimum absolute atomic E-state index is 0.0552. The summed E-state index contributed by atoms with van der Waals surface area (Å²) >= 11 is 0. The number of carbonyl (C=O) groups excluding carboxylic acids is 3. The Kier molecular flexibility index (Phi) is 26.9. The Labute approximate surface area is 354 Å². The summed E-state index contributed by atoms with van der Waals surface area (Å²) < 4.78 is 0.0466. The maximum absolute atomic E-state index is 12.5. The summed E-state index contributed by atoms with van der Waals surface area (Å²) in [5.41, 5.74) is 0. The number of carboxylic acid groups (broad SMARTS) is 4. The van der Waals surface area contributed by atoms with Crippen LogP contribution in [0.25, 0.3) is 0 Å². The van der Waals surface area contributed by atoms with Gasteiger partial charge in [-0.15, -0.1) is 0 Å². The van der Waals surface area contributed by atoms with Crippen molar-refractivity contribution in [1.29, 1.82) is 0 Å². The smallest absolute Gasteiger partial charge is 0.326 e. The maximum Gasteiger partial charge on any atom is 0.326 e. The van der Waals surface area contributed by atoms with Crippen molar-refractivity contribution in [2.45, 2.75) is 167 Å². The van der Waals surface area contributed by atoms with Crippen LogP contribution in [0.4, 0.5) is 0 Å². The second kappa shape index (κ2) is 29.7. The van der Waals surface area contributed by atoms with Gasteiger partial charge >= 0.3 is 23.9 Å². The molecule has 0 unspecified atom stereocenters. The standard InChI is InChI=1S/C37H60N2O11S6/c40-27(17-13-11-9-7-5-3-1-2-4-6-8-10-12-14-19-32(43)44)25-26(33(45)46)20-22-31(42)39-29(35(49)50)21-23-30(41)38-24-16-15-18-28(34(47)48)36-51-53-37(54-52-36)55-56-37/h26,28-29,36H,1-25H2,(H,38,41)(H,39,42)(H,43,44)(H,45,46)(H,47,48)(H,49,50)/t26-,28+,29+/m1/s1. The summed E-state index contributed by atoms with van der Waals surface area (Å²) in [6, 6.07) is -1.33. The first-order valence-corrected chi connectivity index (χ1v) is 26.4. The predicted octanol–water partition coefficient (Wildman–Crippen LogP) is 9.20. The van der Waals surface area contributed by atoms with E-state index < -0.39 is 47.7 Å². The fourth-order valence-corrected chi connectivity index (χ4v) is 20.0. The van der Waals surface area contributed by atoms with Crippen molar-refractivity contribution < 1.29 is 54.0 Å². The van der Waals surface area contributed by atoms with Crippen LogP contribution in [0.1, 0.15) is 154 Å². The monoisotopic (exact) mass is 900 g/mol. The van der Waals surface area contributed by atoms with Crippen LogP contribution in [-0.4, -0.2) is 81.8 Å². The van der Waals surface area contributed by atoms with Gasteiger partial charge in [-0.25, -0.2) is 4.79 Å². The molecule has 0 radical (unpaired) electrons. The minimum Gasteiger partial charge on any atom is -0.481 e. The first-order valence-electron chi connectivity index (χ1n) is 19.9. The Balaban J connectivity index is 1.51. The lowest BCUT2D eigenvalue weighted by Crippen LogP contribution is -2.41. The lowest BCUT2D eigenvalue weighted by atomic mass is 9.94. The third kappa shape index (κ3) is 23.9. The van der Waals surface area contributed by atoms with Crippen molar-refractivity contribution >= 4 is 106 Å². The summed E-state index contributed by atoms with van der Waals surface area (Å²) in [6.07, 6.45) is 16.3. The summed E-state index contributed by atoms with van der Waals surface area (Å²) in [5.74, 6) is -6.80. The van der Waals surface area contributed by atoms with Gasteiger partial charge in [-0.05, 0) is 60.1 Å². The summed E-state index contributed by atoms with van der Waals surface area (Å²) in [4.78, 5) is 83.3. The number of carboxylic acids is 4. The molecule has 19 heteroatoms. The molecule has 2 aliphatic rings. The molecule has 2 fully saturated rings. The van der Waals surface area contributed by atoms with Gasteiger partial charge in [0.05, 0.1) is 16.4 Å². The molecule has 1 spiro atoms. The van der Waals surface area contributed by atoms with Crippen molar-refractivity contribution in [1.82, 2.24) is 10.6 Å². The van der Waals surface area contributed by atoms with Crippen LogP contribution in [0.5, 0.6) is 0 Å². The van der Waals surface area contributed by atoms with E-state index in [1.807, 2.05) is 0 Å². The topological polar surface area (TPSA) is 224 Å². The lowest BCUT2D eigenvalue weighted by Gasteiger charge is -2.27. The predicted molar refractivity (Wildman–Crippen MR) is 230 cm³/mol. The fourth-order valence-electron chi connectivity index (χ4n) is 6.16. The summed E-state index contributed by atoms with van der Waals surface area (Å²) in [6.45, 7) is 0.318. The molecule has 0 aliphatic carbocycles. The van der Waals surface area contributed by atoms with E-state index in [1.165, 1.54) is 38.5 Å². The van der Waals surface area contributed by atoms with Crippen LogP contribution < -0.4 is 10.6 Å². The fraction of sp³-hybridized carbons (Fsp3) is 0.811. The molecule has 2 saturated heterocycles. The van der Waals surface area contributed by atoms with Crippen molar-refractivity contribution in [3.8, 4) is 0 Å². The number of amides is 2. The highest BCUT2D eigenvalue weighted by atomic mass is 33.2. The van der Waals surface area contributed by atoms with Gasteiger partial charge in [-0.1, -0.05) is 127 Å². The van der Waals surface area contributed by atoms with Gasteiger partial charge in [0, 0.05) is 38.6 Å². The van der Waals surface area contributed by atoms with Crippen molar-refractivity contribution in [3.63, 3.8) is 0 Å². The van der Waals surface area contributed by atoms with Gasteiger partial charge in [-0.2, -0.15) is 0 Å². The highest BCUT2D eigenvalue weighted by Crippen LogP contribution is 2.84. The van der Waals surface area contributed by atoms with Gasteiger partial charge in [0.1, 0.15) is 11.8 Å². The molecule has 0 bridgehead atoms. The number of aliphatic carboxylic acids is 4. The average molecular weight is 901 g/mol. The molecule has 320 valence electrons. The molecule has 2 heterocycles. The van der Waals surface area contributed by atoms with E-state index in [2.05, 4.69) is 10.6 Å². The maximum atomic E-state index is 12.5. The van der Waals surface area contributed by atoms with Gasteiger partial charge in [0.25, 0.3) is 0 Å². The minimum atomic E-state index is -1.33. The van der Waals surface area contributed by atoms with E-state index in [0.29, 0.717) is 32.2 Å². The molecule has 0 aromatic carbocycles. The highest BCUT2D eigenvalue weighted by molar-refractivity contribution is 9.14. The molecule has 2 rings (SSSR count). The van der Waals surface area contributed by atoms with Crippen LogP contribution in [-0.2, 0) is 33.6 Å². The first kappa shape index (κ1) is 50.7. The number of nitrogens with one attached hydrogen (secondary N) is 2. The normalized spacial score (nSPS) is 16.4. The molecule has 0 saturated carbocycles. The third-order valence-electron chi connectivity index (χ3n) is 9.55. The van der Waals surface area contributed by atoms with Gasteiger partial charge < -0.3 is 31.1 Å². The summed E-state index contributed by atoms with van der Waals surface area (Å²) in [5, 5.41) is 42.7. The number of ketones is 1. The molecule has 0 aromatic rings. The first-order chi connectivity index (χ1) is 26.8. The molecular formula is C37H60N2O11S6. The van der Waals surface area contributed by atoms with Crippen LogP contribution >= 0.6 is 64.8 Å². The van der Waals surface area contributed by atoms with Gasteiger partial charge in [0.15, 0.2) is 2.74 Å². The zero-order chi connectivity index (χ0) is 41.2. The Bertz CT molecular complexity index is 1250. The van der Waals surface area contributed by atoms with Crippen LogP contribution in [0.15, 0.2) is 0 Å². The Morgan fingerprint density at radius 1 is 0.518 bits per heavy atom. The van der Waals surface area contributed by atoms with E-state index in [0.717, 1.165) is 44.9 Å². The molecular weight excluding hydrogens is 841 g/mol. The van der Waals surface area contributed by atoms with E-state index in [-0.39, 0.29) is 64.0 Å². The lowest BCUT2D eigenvalue weighted by molar-refractivity contribution is -0.145. The van der Waals surface area contributed by atoms with Crippen molar-refractivity contribution in [3.05, 3.63) is 0 Å². The van der Waals surface area contributed by atoms with Crippen LogP contribution in [0, 0.1) is 11.8 Å². The number of rotatable bonds is 35. The molecule has 56 heavy (non-hydrogen) atoms. The second-order valence-corrected chi connectivity index (χ2v) is 23.9. The quantitative estimate of drug-likeness (QED) is 0.0198. The van der Waals surface area contributed by atoms with E-state index in [9.17, 15) is 48.9 Å². The Morgan fingerprint density at radius 2 is 1.04 bits per heavy atom. The van der Waals surface area contributed by atoms with E-state index in [1.54, 1.807) is 64.8 Å². The number of carbonyl (C=O) groups is 7. The third-order valence-corrected chi connectivity index (χ3v) is 23.4. The molecule has 6 N–H and O–H groups in total. The van der Waals surface area contributed by atoms with Gasteiger partial charge in [0.2, 0.25) is 11.8 Å².